The minimum absolute atomic E-state index is 0.190. The number of aromatic carboxylic acids is 1. The molecular weight excluding hydrogens is 218 g/mol. The maximum Gasteiger partial charge on any atom is 0.336 e. The van der Waals surface area contributed by atoms with Gasteiger partial charge in [-0.05, 0) is 24.5 Å². The Hall–Kier alpha value is -1.84. The van der Waals surface area contributed by atoms with Crippen LogP contribution in [0.4, 0.5) is 0 Å². The first-order valence-corrected chi connectivity index (χ1v) is 5.78. The number of carboxylic acid groups (broad SMARTS) is 1. The normalized spacial score (nSPS) is 25.9. The van der Waals surface area contributed by atoms with Gasteiger partial charge in [-0.2, -0.15) is 0 Å². The number of hydrogen-bond acceptors (Lipinski definition) is 2. The van der Waals surface area contributed by atoms with Gasteiger partial charge in [-0.1, -0.05) is 18.2 Å². The molecule has 1 aliphatic carbocycles. The molecule has 17 heavy (non-hydrogen) atoms. The molecule has 2 aliphatic heterocycles. The number of hydrogen-bond donors (Lipinski definition) is 1. The van der Waals surface area contributed by atoms with E-state index in [1.165, 1.54) is 0 Å². The van der Waals surface area contributed by atoms with Crippen molar-refractivity contribution in [2.75, 3.05) is 0 Å². The van der Waals surface area contributed by atoms with Crippen molar-refractivity contribution in [2.24, 2.45) is 5.92 Å². The van der Waals surface area contributed by atoms with Gasteiger partial charge >= 0.3 is 5.97 Å². The highest BCUT2D eigenvalue weighted by Gasteiger charge is 2.49. The molecule has 88 valence electrons. The number of fused-ring (bicyclic) bond motifs is 1. The van der Waals surface area contributed by atoms with Crippen LogP contribution in [0.3, 0.4) is 0 Å². The Balaban J connectivity index is 1.86. The van der Waals surface area contributed by atoms with Crippen molar-refractivity contribution in [3.05, 3.63) is 35.4 Å². The number of benzene rings is 1. The van der Waals surface area contributed by atoms with Gasteiger partial charge in [0.15, 0.2) is 0 Å². The van der Waals surface area contributed by atoms with E-state index in [1.807, 2.05) is 11.0 Å². The molecule has 1 saturated carbocycles. The van der Waals surface area contributed by atoms with E-state index >= 15 is 0 Å². The number of carbonyl (C=O) groups excluding carboxylic acids is 1. The maximum absolute atomic E-state index is 11.8. The summed E-state index contributed by atoms with van der Waals surface area (Å²) in [4.78, 5) is 24.7. The number of carbonyl (C=O) groups is 2. The molecule has 2 saturated heterocycles. The van der Waals surface area contributed by atoms with E-state index in [0.29, 0.717) is 18.2 Å². The minimum atomic E-state index is -0.931. The highest BCUT2D eigenvalue weighted by Crippen LogP contribution is 2.42. The van der Waals surface area contributed by atoms with Crippen molar-refractivity contribution in [2.45, 2.75) is 25.4 Å². The van der Waals surface area contributed by atoms with Crippen molar-refractivity contribution in [3.8, 4) is 0 Å². The van der Waals surface area contributed by atoms with Gasteiger partial charge in [0.05, 0.1) is 5.56 Å². The molecule has 2 bridgehead atoms. The topological polar surface area (TPSA) is 57.6 Å². The van der Waals surface area contributed by atoms with Crippen LogP contribution in [0.1, 0.15) is 28.8 Å². The lowest BCUT2D eigenvalue weighted by Crippen LogP contribution is -2.30. The number of carboxylic acids is 1. The van der Waals surface area contributed by atoms with Crippen molar-refractivity contribution in [1.82, 2.24) is 4.90 Å². The predicted molar refractivity (Wildman–Crippen MR) is 60.5 cm³/mol. The molecule has 4 nitrogen and oxygen atoms in total. The summed E-state index contributed by atoms with van der Waals surface area (Å²) in [7, 11) is 0. The van der Waals surface area contributed by atoms with Gasteiger partial charge in [0.1, 0.15) is 0 Å². The number of nitrogens with zero attached hydrogens (tertiary/aromatic N) is 1. The standard InChI is InChI=1S/C13H13NO3/c15-12-9-5-10(6-9)14(12)7-8-3-1-2-4-11(8)13(16)17/h1-4,9-10H,5-7H2,(H,16,17). The first-order chi connectivity index (χ1) is 8.16. The van der Waals surface area contributed by atoms with E-state index in [2.05, 4.69) is 0 Å². The third-order valence-corrected chi connectivity index (χ3v) is 3.77. The van der Waals surface area contributed by atoms with E-state index in [9.17, 15) is 9.59 Å². The third kappa shape index (κ3) is 1.52. The number of amides is 1. The van der Waals surface area contributed by atoms with Crippen LogP contribution >= 0.6 is 0 Å². The second-order valence-electron chi connectivity index (χ2n) is 4.75. The first kappa shape index (κ1) is 10.3. The molecule has 3 fully saturated rings. The molecule has 0 unspecified atom stereocenters. The summed E-state index contributed by atoms with van der Waals surface area (Å²) in [6.45, 7) is 0.433. The van der Waals surface area contributed by atoms with Crippen molar-refractivity contribution >= 4 is 11.9 Å². The zero-order valence-electron chi connectivity index (χ0n) is 9.30. The molecule has 1 N–H and O–H groups in total. The van der Waals surface area contributed by atoms with E-state index < -0.39 is 5.97 Å². The molecule has 1 amide bonds. The Labute approximate surface area is 98.9 Å². The van der Waals surface area contributed by atoms with Crippen LogP contribution in [0.15, 0.2) is 24.3 Å². The molecule has 1 aromatic carbocycles. The van der Waals surface area contributed by atoms with E-state index in [-0.39, 0.29) is 11.8 Å². The first-order valence-electron chi connectivity index (χ1n) is 5.78. The monoisotopic (exact) mass is 231 g/mol. The van der Waals surface area contributed by atoms with Gasteiger partial charge in [-0.3, -0.25) is 4.79 Å². The molecule has 4 heteroatoms. The second-order valence-corrected chi connectivity index (χ2v) is 4.75. The predicted octanol–water partition coefficient (Wildman–Crippen LogP) is 1.51. The average Bonchev–Trinajstić information content (AvgIpc) is 2.69. The molecule has 0 radical (unpaired) electrons. The second kappa shape index (κ2) is 3.58. The maximum atomic E-state index is 11.8. The Morgan fingerprint density at radius 3 is 2.65 bits per heavy atom. The minimum Gasteiger partial charge on any atom is -0.478 e. The summed E-state index contributed by atoms with van der Waals surface area (Å²) in [6, 6.07) is 7.23. The highest BCUT2D eigenvalue weighted by atomic mass is 16.4. The summed E-state index contributed by atoms with van der Waals surface area (Å²) in [5.74, 6) is -0.535. The molecule has 0 aromatic heterocycles. The SMILES string of the molecule is O=C(O)c1ccccc1CN1C(=O)C2CC1C2. The van der Waals surface area contributed by atoms with Crippen molar-refractivity contribution in [1.29, 1.82) is 0 Å². The van der Waals surface area contributed by atoms with Crippen LogP contribution in [0.2, 0.25) is 0 Å². The average molecular weight is 231 g/mol. The van der Waals surface area contributed by atoms with E-state index in [1.54, 1.807) is 18.2 Å². The Morgan fingerprint density at radius 2 is 2.06 bits per heavy atom. The molecule has 2 heterocycles. The summed E-state index contributed by atoms with van der Waals surface area (Å²) in [6.07, 6.45) is 1.90. The molecule has 0 spiro atoms. The zero-order valence-corrected chi connectivity index (χ0v) is 9.30. The van der Waals surface area contributed by atoms with Crippen molar-refractivity contribution < 1.29 is 14.7 Å². The Bertz CT molecular complexity index is 491. The molecule has 1 aromatic rings. The van der Waals surface area contributed by atoms with Crippen molar-refractivity contribution in [3.63, 3.8) is 0 Å². The van der Waals surface area contributed by atoms with Crippen LogP contribution in [-0.2, 0) is 11.3 Å². The fourth-order valence-corrected chi connectivity index (χ4v) is 2.72. The Kier molecular flexibility index (Phi) is 2.18. The molecule has 0 atom stereocenters. The van der Waals surface area contributed by atoms with Gasteiger partial charge < -0.3 is 10.0 Å². The molecule has 4 rings (SSSR count). The summed E-state index contributed by atoms with van der Waals surface area (Å²) in [5, 5.41) is 9.08. The lowest BCUT2D eigenvalue weighted by molar-refractivity contribution is -0.129. The summed E-state index contributed by atoms with van der Waals surface area (Å²) < 4.78 is 0. The van der Waals surface area contributed by atoms with Crippen LogP contribution in [-0.4, -0.2) is 27.9 Å². The smallest absolute Gasteiger partial charge is 0.336 e. The van der Waals surface area contributed by atoms with Crippen LogP contribution < -0.4 is 0 Å². The van der Waals surface area contributed by atoms with E-state index in [0.717, 1.165) is 18.4 Å². The number of rotatable bonds is 3. The quantitative estimate of drug-likeness (QED) is 0.857. The van der Waals surface area contributed by atoms with Crippen LogP contribution in [0.25, 0.3) is 0 Å². The zero-order chi connectivity index (χ0) is 12.0. The van der Waals surface area contributed by atoms with Gasteiger partial charge in [0, 0.05) is 18.5 Å². The van der Waals surface area contributed by atoms with E-state index in [4.69, 9.17) is 5.11 Å². The lowest BCUT2D eigenvalue weighted by atomic mass is 9.86. The summed E-state index contributed by atoms with van der Waals surface area (Å²) in [5.41, 5.74) is 1.02. The largest absolute Gasteiger partial charge is 0.478 e. The van der Waals surface area contributed by atoms with Gasteiger partial charge in [-0.15, -0.1) is 0 Å². The lowest BCUT2D eigenvalue weighted by Gasteiger charge is -2.25. The molecular formula is C13H13NO3. The van der Waals surface area contributed by atoms with Crippen LogP contribution in [0, 0.1) is 5.92 Å². The highest BCUT2D eigenvalue weighted by molar-refractivity contribution is 5.90. The fourth-order valence-electron chi connectivity index (χ4n) is 2.72. The molecule has 3 aliphatic rings. The van der Waals surface area contributed by atoms with Gasteiger partial charge in [0.2, 0.25) is 5.91 Å². The summed E-state index contributed by atoms with van der Waals surface area (Å²) >= 11 is 0. The van der Waals surface area contributed by atoms with Gasteiger partial charge in [0.25, 0.3) is 0 Å². The fraction of sp³-hybridized carbons (Fsp3) is 0.385. The third-order valence-electron chi connectivity index (χ3n) is 3.77. The Morgan fingerprint density at radius 1 is 1.35 bits per heavy atom. The van der Waals surface area contributed by atoms with Crippen LogP contribution in [0.5, 0.6) is 0 Å². The van der Waals surface area contributed by atoms with Gasteiger partial charge in [-0.25, -0.2) is 4.79 Å².